The molecule has 0 saturated heterocycles. The number of hydrogen-bond donors (Lipinski definition) is 1. The maximum atomic E-state index is 12.5. The minimum Gasteiger partial charge on any atom is -0.490 e. The highest BCUT2D eigenvalue weighted by atomic mass is 35.5. The van der Waals surface area contributed by atoms with Crippen molar-refractivity contribution in [1.82, 2.24) is 14.8 Å². The zero-order valence-electron chi connectivity index (χ0n) is 16.4. The second-order valence-corrected chi connectivity index (χ2v) is 7.99. The average Bonchev–Trinajstić information content (AvgIpc) is 3.02. The molecule has 1 N–H and O–H groups in total. The van der Waals surface area contributed by atoms with E-state index in [1.165, 1.54) is 11.8 Å². The van der Waals surface area contributed by atoms with Gasteiger partial charge in [0.1, 0.15) is 0 Å². The molecule has 4 rings (SSSR count). The highest BCUT2D eigenvalue weighted by molar-refractivity contribution is 7.99. The number of fused-ring (bicyclic) bond motifs is 1. The van der Waals surface area contributed by atoms with Gasteiger partial charge in [-0.3, -0.25) is 4.79 Å². The van der Waals surface area contributed by atoms with E-state index in [2.05, 4.69) is 15.5 Å². The number of amides is 1. The van der Waals surface area contributed by atoms with Crippen LogP contribution in [0.25, 0.3) is 11.4 Å². The van der Waals surface area contributed by atoms with E-state index in [-0.39, 0.29) is 11.7 Å². The average molecular weight is 445 g/mol. The van der Waals surface area contributed by atoms with E-state index in [0.717, 1.165) is 17.8 Å². The number of hydrogen-bond acceptors (Lipinski definition) is 6. The maximum absolute atomic E-state index is 12.5. The van der Waals surface area contributed by atoms with E-state index in [4.69, 9.17) is 21.1 Å². The van der Waals surface area contributed by atoms with Gasteiger partial charge in [-0.2, -0.15) is 0 Å². The van der Waals surface area contributed by atoms with Gasteiger partial charge in [0, 0.05) is 35.3 Å². The lowest BCUT2D eigenvalue weighted by Crippen LogP contribution is -2.14. The number of rotatable bonds is 6. The van der Waals surface area contributed by atoms with Crippen molar-refractivity contribution >= 4 is 35.0 Å². The smallest absolute Gasteiger partial charge is 0.234 e. The summed E-state index contributed by atoms with van der Waals surface area (Å²) in [5.41, 5.74) is 1.60. The Labute approximate surface area is 183 Å². The number of carbonyl (C=O) groups is 1. The fourth-order valence-corrected chi connectivity index (χ4v) is 3.99. The van der Waals surface area contributed by atoms with Gasteiger partial charge in [-0.1, -0.05) is 23.4 Å². The first-order valence-corrected chi connectivity index (χ1v) is 11.0. The standard InChI is InChI=1S/C21H21ClN4O3S/c1-2-26-20(14-4-6-15(22)7-5-14)24-25-21(26)30-13-19(27)23-16-8-9-17-18(12-16)29-11-3-10-28-17/h4-9,12H,2-3,10-11,13H2,1H3,(H,23,27). The monoisotopic (exact) mass is 444 g/mol. The number of thioether (sulfide) groups is 1. The fourth-order valence-electron chi connectivity index (χ4n) is 3.06. The van der Waals surface area contributed by atoms with Crippen LogP contribution >= 0.6 is 23.4 Å². The molecule has 2 aromatic carbocycles. The molecule has 0 saturated carbocycles. The van der Waals surface area contributed by atoms with Crippen LogP contribution < -0.4 is 14.8 Å². The molecule has 7 nitrogen and oxygen atoms in total. The van der Waals surface area contributed by atoms with Crippen LogP contribution in [0.2, 0.25) is 5.02 Å². The van der Waals surface area contributed by atoms with Gasteiger partial charge in [0.25, 0.3) is 0 Å². The van der Waals surface area contributed by atoms with Crippen LogP contribution in [0.1, 0.15) is 13.3 Å². The quantitative estimate of drug-likeness (QED) is 0.563. The summed E-state index contributed by atoms with van der Waals surface area (Å²) in [5.74, 6) is 2.18. The van der Waals surface area contributed by atoms with Crippen molar-refractivity contribution in [3.63, 3.8) is 0 Å². The summed E-state index contributed by atoms with van der Waals surface area (Å²) >= 11 is 7.32. The molecule has 1 aliphatic heterocycles. The van der Waals surface area contributed by atoms with E-state index in [0.29, 0.717) is 47.1 Å². The molecule has 9 heteroatoms. The van der Waals surface area contributed by atoms with Crippen LogP contribution in [0.3, 0.4) is 0 Å². The Morgan fingerprint density at radius 3 is 2.67 bits per heavy atom. The fraction of sp³-hybridized carbons (Fsp3) is 0.286. The lowest BCUT2D eigenvalue weighted by molar-refractivity contribution is -0.113. The molecule has 30 heavy (non-hydrogen) atoms. The molecule has 0 spiro atoms. The largest absolute Gasteiger partial charge is 0.490 e. The molecular weight excluding hydrogens is 424 g/mol. The van der Waals surface area contributed by atoms with E-state index < -0.39 is 0 Å². The summed E-state index contributed by atoms with van der Waals surface area (Å²) in [4.78, 5) is 12.5. The third-order valence-corrected chi connectivity index (χ3v) is 5.72. The lowest BCUT2D eigenvalue weighted by Gasteiger charge is -2.10. The Balaban J connectivity index is 1.40. The van der Waals surface area contributed by atoms with Crippen LogP contribution in [0.5, 0.6) is 11.5 Å². The molecule has 156 valence electrons. The van der Waals surface area contributed by atoms with E-state index in [1.54, 1.807) is 6.07 Å². The molecule has 0 fully saturated rings. The molecule has 0 radical (unpaired) electrons. The summed E-state index contributed by atoms with van der Waals surface area (Å²) < 4.78 is 13.3. The number of anilines is 1. The second-order valence-electron chi connectivity index (χ2n) is 6.61. The lowest BCUT2D eigenvalue weighted by atomic mass is 10.2. The van der Waals surface area contributed by atoms with Crippen molar-refractivity contribution in [3.05, 3.63) is 47.5 Å². The SMILES string of the molecule is CCn1c(SCC(=O)Nc2ccc3c(c2)OCCCO3)nnc1-c1ccc(Cl)cc1. The molecule has 0 bridgehead atoms. The molecule has 1 aliphatic rings. The zero-order chi connectivity index (χ0) is 20.9. The number of ether oxygens (including phenoxy) is 2. The van der Waals surface area contributed by atoms with Crippen molar-refractivity contribution in [3.8, 4) is 22.9 Å². The van der Waals surface area contributed by atoms with Gasteiger partial charge in [-0.15, -0.1) is 10.2 Å². The minimum atomic E-state index is -0.131. The number of carbonyl (C=O) groups excluding carboxylic acids is 1. The van der Waals surface area contributed by atoms with Gasteiger partial charge >= 0.3 is 0 Å². The molecule has 0 unspecified atom stereocenters. The van der Waals surface area contributed by atoms with Crippen molar-refractivity contribution in [2.45, 2.75) is 25.0 Å². The second kappa shape index (κ2) is 9.40. The molecule has 0 atom stereocenters. The molecule has 1 aromatic heterocycles. The maximum Gasteiger partial charge on any atom is 0.234 e. The summed E-state index contributed by atoms with van der Waals surface area (Å²) in [7, 11) is 0. The normalized spacial score (nSPS) is 13.0. The summed E-state index contributed by atoms with van der Waals surface area (Å²) in [6, 6.07) is 12.9. The number of aromatic nitrogens is 3. The topological polar surface area (TPSA) is 78.3 Å². The molecule has 3 aromatic rings. The van der Waals surface area contributed by atoms with Crippen molar-refractivity contribution in [1.29, 1.82) is 0 Å². The van der Waals surface area contributed by atoms with Crippen LogP contribution in [-0.4, -0.2) is 39.6 Å². The Hall–Kier alpha value is -2.71. The first-order valence-electron chi connectivity index (χ1n) is 9.65. The first-order chi connectivity index (χ1) is 14.6. The predicted molar refractivity (Wildman–Crippen MR) is 118 cm³/mol. The molecule has 1 amide bonds. The number of nitrogens with one attached hydrogen (secondary N) is 1. The molecule has 2 heterocycles. The van der Waals surface area contributed by atoms with Gasteiger partial charge in [0.05, 0.1) is 19.0 Å². The summed E-state index contributed by atoms with van der Waals surface area (Å²) in [6.07, 6.45) is 0.836. The zero-order valence-corrected chi connectivity index (χ0v) is 18.0. The predicted octanol–water partition coefficient (Wildman–Crippen LogP) is 4.51. The van der Waals surface area contributed by atoms with Crippen molar-refractivity contribution < 1.29 is 14.3 Å². The highest BCUT2D eigenvalue weighted by Crippen LogP contribution is 2.32. The van der Waals surface area contributed by atoms with E-state index >= 15 is 0 Å². The van der Waals surface area contributed by atoms with Gasteiger partial charge in [0.2, 0.25) is 5.91 Å². The number of halogens is 1. The van der Waals surface area contributed by atoms with Gasteiger partial charge in [-0.05, 0) is 43.3 Å². The van der Waals surface area contributed by atoms with Crippen LogP contribution in [0, 0.1) is 0 Å². The van der Waals surface area contributed by atoms with Crippen molar-refractivity contribution in [2.24, 2.45) is 0 Å². The summed E-state index contributed by atoms with van der Waals surface area (Å²) in [5, 5.41) is 12.8. The Kier molecular flexibility index (Phi) is 6.44. The van der Waals surface area contributed by atoms with Gasteiger partial charge < -0.3 is 19.4 Å². The van der Waals surface area contributed by atoms with Crippen LogP contribution in [-0.2, 0) is 11.3 Å². The third kappa shape index (κ3) is 4.71. The first kappa shape index (κ1) is 20.6. The highest BCUT2D eigenvalue weighted by Gasteiger charge is 2.16. The molecular formula is C21H21ClN4O3S. The summed E-state index contributed by atoms with van der Waals surface area (Å²) in [6.45, 7) is 3.94. The minimum absolute atomic E-state index is 0.131. The third-order valence-electron chi connectivity index (χ3n) is 4.50. The Bertz CT molecular complexity index is 1040. The number of nitrogens with zero attached hydrogens (tertiary/aromatic N) is 3. The number of benzene rings is 2. The van der Waals surface area contributed by atoms with Gasteiger partial charge in [-0.25, -0.2) is 0 Å². The van der Waals surface area contributed by atoms with Gasteiger partial charge in [0.15, 0.2) is 22.5 Å². The molecule has 0 aliphatic carbocycles. The Morgan fingerprint density at radius 1 is 1.13 bits per heavy atom. The van der Waals surface area contributed by atoms with E-state index in [9.17, 15) is 4.79 Å². The van der Waals surface area contributed by atoms with E-state index in [1.807, 2.05) is 47.9 Å². The van der Waals surface area contributed by atoms with Crippen LogP contribution in [0.4, 0.5) is 5.69 Å². The van der Waals surface area contributed by atoms with Crippen molar-refractivity contribution in [2.75, 3.05) is 24.3 Å². The van der Waals surface area contributed by atoms with Crippen LogP contribution in [0.15, 0.2) is 47.6 Å². The Morgan fingerprint density at radius 2 is 1.90 bits per heavy atom.